The lowest BCUT2D eigenvalue weighted by atomic mass is 9.97. The number of hydrogen-bond donors (Lipinski definition) is 2. The molecule has 1 saturated carbocycles. The summed E-state index contributed by atoms with van der Waals surface area (Å²) in [5.74, 6) is 1.55. The van der Waals surface area contributed by atoms with Gasteiger partial charge in [0.15, 0.2) is 0 Å². The Labute approximate surface area is 133 Å². The van der Waals surface area contributed by atoms with E-state index in [1.165, 1.54) is 31.2 Å². The summed E-state index contributed by atoms with van der Waals surface area (Å²) < 4.78 is 5.96. The largest absolute Gasteiger partial charge is 0.487 e. The van der Waals surface area contributed by atoms with Crippen molar-refractivity contribution in [3.63, 3.8) is 0 Å². The number of benzene rings is 1. The molecule has 1 aliphatic carbocycles. The molecule has 0 amide bonds. The number of oxime groups is 1. The zero-order valence-electron chi connectivity index (χ0n) is 14.0. The summed E-state index contributed by atoms with van der Waals surface area (Å²) in [5.41, 5.74) is 2.07. The Balaban J connectivity index is 1.95. The van der Waals surface area contributed by atoms with Gasteiger partial charge < -0.3 is 15.3 Å². The van der Waals surface area contributed by atoms with Gasteiger partial charge in [0.1, 0.15) is 24.6 Å². The normalized spacial score (nSPS) is 17.0. The van der Waals surface area contributed by atoms with Crippen molar-refractivity contribution in [2.24, 2.45) is 5.16 Å². The van der Waals surface area contributed by atoms with Gasteiger partial charge in [-0.2, -0.15) is 0 Å². The van der Waals surface area contributed by atoms with Crippen LogP contribution in [0.3, 0.4) is 0 Å². The SMILES string of the molecule is CC(C)(C)[NH2+]C/C(COc1ccccc1C1CCCC1)=N\O. The fraction of sp³-hybridized carbons (Fsp3) is 0.611. The molecule has 3 N–H and O–H groups in total. The summed E-state index contributed by atoms with van der Waals surface area (Å²) in [6, 6.07) is 8.28. The van der Waals surface area contributed by atoms with Crippen molar-refractivity contribution >= 4 is 5.71 Å². The minimum atomic E-state index is 0.109. The number of quaternary nitrogens is 1. The first-order valence-electron chi connectivity index (χ1n) is 8.25. The van der Waals surface area contributed by atoms with Gasteiger partial charge in [0.05, 0.1) is 5.54 Å². The van der Waals surface area contributed by atoms with Crippen molar-refractivity contribution in [3.8, 4) is 5.75 Å². The minimum absolute atomic E-state index is 0.109. The highest BCUT2D eigenvalue weighted by Gasteiger charge is 2.21. The Hall–Kier alpha value is -1.55. The van der Waals surface area contributed by atoms with Crippen LogP contribution >= 0.6 is 0 Å². The van der Waals surface area contributed by atoms with E-state index in [9.17, 15) is 0 Å². The van der Waals surface area contributed by atoms with Crippen LogP contribution in [0, 0.1) is 0 Å². The smallest absolute Gasteiger partial charge is 0.148 e. The predicted molar refractivity (Wildman–Crippen MR) is 88.9 cm³/mol. The zero-order chi connectivity index (χ0) is 16.0. The molecule has 122 valence electrons. The van der Waals surface area contributed by atoms with Gasteiger partial charge in [0, 0.05) is 0 Å². The maximum absolute atomic E-state index is 9.17. The quantitative estimate of drug-likeness (QED) is 0.482. The van der Waals surface area contributed by atoms with Gasteiger partial charge >= 0.3 is 0 Å². The van der Waals surface area contributed by atoms with Crippen LogP contribution in [0.25, 0.3) is 0 Å². The highest BCUT2D eigenvalue weighted by Crippen LogP contribution is 2.38. The molecule has 0 atom stereocenters. The molecule has 0 heterocycles. The van der Waals surface area contributed by atoms with Gasteiger partial charge in [-0.1, -0.05) is 36.2 Å². The predicted octanol–water partition coefficient (Wildman–Crippen LogP) is 2.92. The van der Waals surface area contributed by atoms with Gasteiger partial charge in [-0.05, 0) is 51.2 Å². The Bertz CT molecular complexity index is 500. The second kappa shape index (κ2) is 7.63. The third-order valence-corrected chi connectivity index (χ3v) is 4.20. The molecule has 1 aromatic carbocycles. The van der Waals surface area contributed by atoms with Crippen molar-refractivity contribution < 1.29 is 15.3 Å². The number of nitrogens with zero attached hydrogens (tertiary/aromatic N) is 1. The van der Waals surface area contributed by atoms with Gasteiger partial charge in [0.2, 0.25) is 0 Å². The first-order chi connectivity index (χ1) is 10.5. The molecule has 0 spiro atoms. The van der Waals surface area contributed by atoms with Crippen molar-refractivity contribution in [2.45, 2.75) is 57.9 Å². The monoisotopic (exact) mass is 305 g/mol. The van der Waals surface area contributed by atoms with E-state index in [0.717, 1.165) is 5.75 Å². The average Bonchev–Trinajstić information content (AvgIpc) is 3.01. The second-order valence-electron chi connectivity index (χ2n) is 7.25. The topological polar surface area (TPSA) is 58.4 Å². The summed E-state index contributed by atoms with van der Waals surface area (Å²) in [7, 11) is 0. The Kier molecular flexibility index (Phi) is 5.83. The lowest BCUT2D eigenvalue weighted by Crippen LogP contribution is -2.95. The van der Waals surface area contributed by atoms with Gasteiger partial charge in [-0.3, -0.25) is 0 Å². The van der Waals surface area contributed by atoms with Crippen LogP contribution in [0.2, 0.25) is 0 Å². The molecular weight excluding hydrogens is 276 g/mol. The van der Waals surface area contributed by atoms with E-state index in [4.69, 9.17) is 9.94 Å². The summed E-state index contributed by atoms with van der Waals surface area (Å²) in [6.07, 6.45) is 5.12. The van der Waals surface area contributed by atoms with Crippen molar-refractivity contribution in [3.05, 3.63) is 29.8 Å². The van der Waals surface area contributed by atoms with Crippen LogP contribution < -0.4 is 10.1 Å². The van der Waals surface area contributed by atoms with E-state index >= 15 is 0 Å². The van der Waals surface area contributed by atoms with Gasteiger partial charge in [-0.15, -0.1) is 0 Å². The summed E-state index contributed by atoms with van der Waals surface area (Å²) in [5, 5.41) is 14.7. The molecule has 0 aromatic heterocycles. The highest BCUT2D eigenvalue weighted by molar-refractivity contribution is 5.86. The van der Waals surface area contributed by atoms with Crippen LogP contribution in [-0.4, -0.2) is 29.6 Å². The van der Waals surface area contributed by atoms with Crippen LogP contribution in [0.4, 0.5) is 0 Å². The maximum atomic E-state index is 9.17. The number of rotatable bonds is 6. The van der Waals surface area contributed by atoms with Crippen LogP contribution in [0.15, 0.2) is 29.4 Å². The van der Waals surface area contributed by atoms with Crippen molar-refractivity contribution in [1.82, 2.24) is 0 Å². The van der Waals surface area contributed by atoms with Gasteiger partial charge in [-0.25, -0.2) is 0 Å². The molecule has 22 heavy (non-hydrogen) atoms. The molecular formula is C18H29N2O2+. The lowest BCUT2D eigenvalue weighted by molar-refractivity contribution is -0.705. The Morgan fingerprint density at radius 2 is 1.95 bits per heavy atom. The van der Waals surface area contributed by atoms with E-state index in [2.05, 4.69) is 43.4 Å². The minimum Gasteiger partial charge on any atom is -0.487 e. The van der Waals surface area contributed by atoms with E-state index in [-0.39, 0.29) is 5.54 Å². The van der Waals surface area contributed by atoms with Crippen LogP contribution in [0.1, 0.15) is 57.9 Å². The van der Waals surface area contributed by atoms with E-state index in [1.807, 2.05) is 12.1 Å². The number of para-hydroxylation sites is 1. The van der Waals surface area contributed by atoms with Gasteiger partial charge in [0.25, 0.3) is 0 Å². The fourth-order valence-corrected chi connectivity index (χ4v) is 2.90. The van der Waals surface area contributed by atoms with E-state index in [0.29, 0.717) is 24.8 Å². The number of hydrogen-bond acceptors (Lipinski definition) is 3. The molecule has 0 saturated heterocycles. The van der Waals surface area contributed by atoms with E-state index < -0.39 is 0 Å². The Morgan fingerprint density at radius 1 is 1.27 bits per heavy atom. The third kappa shape index (κ3) is 5.02. The van der Waals surface area contributed by atoms with Crippen molar-refractivity contribution in [1.29, 1.82) is 0 Å². The van der Waals surface area contributed by atoms with Crippen LogP contribution in [-0.2, 0) is 0 Å². The molecule has 1 fully saturated rings. The molecule has 2 rings (SSSR count). The molecule has 0 radical (unpaired) electrons. The second-order valence-corrected chi connectivity index (χ2v) is 7.25. The number of nitrogens with two attached hydrogens (primary N) is 1. The van der Waals surface area contributed by atoms with Crippen molar-refractivity contribution in [2.75, 3.05) is 13.2 Å². The summed E-state index contributed by atoms with van der Waals surface area (Å²) in [4.78, 5) is 0. The molecule has 4 nitrogen and oxygen atoms in total. The van der Waals surface area contributed by atoms with E-state index in [1.54, 1.807) is 0 Å². The molecule has 1 aromatic rings. The molecule has 0 bridgehead atoms. The first-order valence-corrected chi connectivity index (χ1v) is 8.25. The first kappa shape index (κ1) is 16.8. The molecule has 0 aliphatic heterocycles. The molecule has 1 aliphatic rings. The fourth-order valence-electron chi connectivity index (χ4n) is 2.90. The Morgan fingerprint density at radius 3 is 2.59 bits per heavy atom. The highest BCUT2D eigenvalue weighted by atomic mass is 16.5. The molecule has 0 unspecified atom stereocenters. The van der Waals surface area contributed by atoms with Crippen LogP contribution in [0.5, 0.6) is 5.75 Å². The standard InChI is InChI=1S/C18H28N2O2/c1-18(2,3)19-12-15(20-21)13-22-17-11-7-6-10-16(17)14-8-4-5-9-14/h6-7,10-11,14,19,21H,4-5,8-9,12-13H2,1-3H3/p+1/b20-15+. The lowest BCUT2D eigenvalue weighted by Gasteiger charge is -2.18. The maximum Gasteiger partial charge on any atom is 0.148 e. The summed E-state index contributed by atoms with van der Waals surface area (Å²) >= 11 is 0. The number of ether oxygens (including phenoxy) is 1. The molecule has 4 heteroatoms. The zero-order valence-corrected chi connectivity index (χ0v) is 14.0. The summed E-state index contributed by atoms with van der Waals surface area (Å²) in [6.45, 7) is 7.40. The average molecular weight is 305 g/mol. The third-order valence-electron chi connectivity index (χ3n) is 4.20.